The second-order valence-corrected chi connectivity index (χ2v) is 4.74. The van der Waals surface area contributed by atoms with Crippen LogP contribution in [0.4, 0.5) is 0 Å². The van der Waals surface area contributed by atoms with Crippen molar-refractivity contribution in [2.75, 3.05) is 0 Å². The molecule has 1 rings (SSSR count). The third-order valence-corrected chi connectivity index (χ3v) is 2.93. The second-order valence-electron chi connectivity index (χ2n) is 4.74. The zero-order valence-electron chi connectivity index (χ0n) is 11.5. The van der Waals surface area contributed by atoms with Gasteiger partial charge in [-0.3, -0.25) is 4.79 Å². The number of hydrogen-bond acceptors (Lipinski definition) is 5. The largest absolute Gasteiger partial charge is 0.481 e. The molecule has 0 aromatic heterocycles. The van der Waals surface area contributed by atoms with Gasteiger partial charge in [0.15, 0.2) is 0 Å². The van der Waals surface area contributed by atoms with Gasteiger partial charge < -0.3 is 20.7 Å². The van der Waals surface area contributed by atoms with Gasteiger partial charge in [0.2, 0.25) is 5.54 Å². The standard InChI is InChI=1S/C14H17NO6/c1-9-3-2-4-10(7-9)8-21-13(20)14(15,12(18)19)6-5-11(16)17/h2-4,7H,5-6,8,15H2,1H3,(H,16,17)(H,18,19). The normalized spacial score (nSPS) is 13.2. The molecule has 0 aliphatic carbocycles. The van der Waals surface area contributed by atoms with E-state index in [1.807, 2.05) is 13.0 Å². The van der Waals surface area contributed by atoms with Crippen molar-refractivity contribution in [3.63, 3.8) is 0 Å². The van der Waals surface area contributed by atoms with Gasteiger partial charge in [0, 0.05) is 6.42 Å². The van der Waals surface area contributed by atoms with Crippen LogP contribution in [0.1, 0.15) is 24.0 Å². The van der Waals surface area contributed by atoms with E-state index in [4.69, 9.17) is 20.7 Å². The lowest BCUT2D eigenvalue weighted by atomic mass is 9.95. The van der Waals surface area contributed by atoms with E-state index < -0.39 is 36.3 Å². The summed E-state index contributed by atoms with van der Waals surface area (Å²) < 4.78 is 4.90. The maximum Gasteiger partial charge on any atom is 0.338 e. The van der Waals surface area contributed by atoms with Crippen molar-refractivity contribution in [1.29, 1.82) is 0 Å². The molecule has 21 heavy (non-hydrogen) atoms. The summed E-state index contributed by atoms with van der Waals surface area (Å²) in [6.45, 7) is 1.74. The van der Waals surface area contributed by atoms with Gasteiger partial charge in [-0.2, -0.15) is 0 Å². The highest BCUT2D eigenvalue weighted by Gasteiger charge is 2.44. The van der Waals surface area contributed by atoms with E-state index >= 15 is 0 Å². The molecule has 0 saturated carbocycles. The van der Waals surface area contributed by atoms with Gasteiger partial charge in [-0.05, 0) is 18.9 Å². The smallest absolute Gasteiger partial charge is 0.338 e. The number of esters is 1. The number of hydrogen-bond donors (Lipinski definition) is 3. The van der Waals surface area contributed by atoms with Crippen LogP contribution in [0.2, 0.25) is 0 Å². The first kappa shape index (κ1) is 16.6. The Morgan fingerprint density at radius 1 is 1.29 bits per heavy atom. The fourth-order valence-electron chi connectivity index (χ4n) is 1.68. The number of carbonyl (C=O) groups excluding carboxylic acids is 1. The molecule has 1 aromatic rings. The number of benzene rings is 1. The number of aryl methyl sites for hydroxylation is 1. The van der Waals surface area contributed by atoms with Gasteiger partial charge >= 0.3 is 17.9 Å². The van der Waals surface area contributed by atoms with E-state index in [9.17, 15) is 14.4 Å². The third kappa shape index (κ3) is 4.57. The first-order valence-electron chi connectivity index (χ1n) is 6.22. The monoisotopic (exact) mass is 295 g/mol. The Balaban J connectivity index is 2.73. The van der Waals surface area contributed by atoms with Crippen LogP contribution in [-0.2, 0) is 25.7 Å². The molecule has 0 bridgehead atoms. The molecule has 114 valence electrons. The molecular formula is C14H17NO6. The average molecular weight is 295 g/mol. The summed E-state index contributed by atoms with van der Waals surface area (Å²) in [5, 5.41) is 17.6. The zero-order valence-corrected chi connectivity index (χ0v) is 11.5. The maximum atomic E-state index is 11.9. The number of carboxylic acids is 2. The molecule has 0 saturated heterocycles. The van der Waals surface area contributed by atoms with Crippen LogP contribution in [0.15, 0.2) is 24.3 Å². The van der Waals surface area contributed by atoms with Crippen LogP contribution in [-0.4, -0.2) is 33.7 Å². The van der Waals surface area contributed by atoms with Crippen LogP contribution in [0.3, 0.4) is 0 Å². The number of carboxylic acid groups (broad SMARTS) is 2. The Hall–Kier alpha value is -2.41. The molecule has 1 aromatic carbocycles. The predicted octanol–water partition coefficient (Wildman–Crippen LogP) is 0.685. The highest BCUT2D eigenvalue weighted by Crippen LogP contribution is 2.15. The van der Waals surface area contributed by atoms with E-state index in [0.29, 0.717) is 5.56 Å². The van der Waals surface area contributed by atoms with Gasteiger partial charge in [0.25, 0.3) is 0 Å². The number of rotatable bonds is 7. The molecule has 0 aliphatic rings. The molecule has 0 amide bonds. The summed E-state index contributed by atoms with van der Waals surface area (Å²) in [5.41, 5.74) is 4.78. The topological polar surface area (TPSA) is 127 Å². The molecule has 7 nitrogen and oxygen atoms in total. The zero-order chi connectivity index (χ0) is 16.0. The lowest BCUT2D eigenvalue weighted by Crippen LogP contribution is -2.56. The lowest BCUT2D eigenvalue weighted by molar-refractivity contribution is -0.162. The van der Waals surface area contributed by atoms with Crippen molar-refractivity contribution in [2.24, 2.45) is 5.73 Å². The molecular weight excluding hydrogens is 278 g/mol. The maximum absolute atomic E-state index is 11.9. The van der Waals surface area contributed by atoms with E-state index in [-0.39, 0.29) is 6.61 Å². The van der Waals surface area contributed by atoms with Crippen molar-refractivity contribution >= 4 is 17.9 Å². The Morgan fingerprint density at radius 2 is 1.95 bits per heavy atom. The first-order chi connectivity index (χ1) is 9.75. The minimum atomic E-state index is -2.36. The molecule has 4 N–H and O–H groups in total. The fraction of sp³-hybridized carbons (Fsp3) is 0.357. The third-order valence-electron chi connectivity index (χ3n) is 2.93. The number of aliphatic carboxylic acids is 2. The highest BCUT2D eigenvalue weighted by atomic mass is 16.5. The Morgan fingerprint density at radius 3 is 2.48 bits per heavy atom. The molecule has 0 fully saturated rings. The Labute approximate surface area is 121 Å². The van der Waals surface area contributed by atoms with Gasteiger partial charge in [-0.1, -0.05) is 29.8 Å². The quantitative estimate of drug-likeness (QED) is 0.498. The molecule has 0 heterocycles. The van der Waals surface area contributed by atoms with E-state index in [1.165, 1.54) is 0 Å². The van der Waals surface area contributed by atoms with Crippen molar-refractivity contribution in [3.05, 3.63) is 35.4 Å². The van der Waals surface area contributed by atoms with Crippen molar-refractivity contribution in [2.45, 2.75) is 31.9 Å². The summed E-state index contributed by atoms with van der Waals surface area (Å²) in [7, 11) is 0. The van der Waals surface area contributed by atoms with E-state index in [0.717, 1.165) is 5.56 Å². The summed E-state index contributed by atoms with van der Waals surface area (Å²) in [4.78, 5) is 33.5. The van der Waals surface area contributed by atoms with Gasteiger partial charge in [-0.25, -0.2) is 9.59 Å². The van der Waals surface area contributed by atoms with E-state index in [1.54, 1.807) is 18.2 Å². The van der Waals surface area contributed by atoms with Crippen LogP contribution in [0.5, 0.6) is 0 Å². The Kier molecular flexibility index (Phi) is 5.43. The number of ether oxygens (including phenoxy) is 1. The van der Waals surface area contributed by atoms with E-state index in [2.05, 4.69) is 0 Å². The minimum absolute atomic E-state index is 0.125. The highest BCUT2D eigenvalue weighted by molar-refractivity contribution is 6.04. The Bertz CT molecular complexity index is 556. The summed E-state index contributed by atoms with van der Waals surface area (Å²) in [5.74, 6) is -4.01. The molecule has 0 spiro atoms. The van der Waals surface area contributed by atoms with Crippen molar-refractivity contribution in [3.8, 4) is 0 Å². The van der Waals surface area contributed by atoms with Crippen molar-refractivity contribution < 1.29 is 29.3 Å². The number of nitrogens with two attached hydrogens (primary N) is 1. The molecule has 7 heteroatoms. The molecule has 1 unspecified atom stereocenters. The fourth-order valence-corrected chi connectivity index (χ4v) is 1.68. The summed E-state index contributed by atoms with van der Waals surface area (Å²) in [6, 6.07) is 7.14. The molecule has 0 radical (unpaired) electrons. The van der Waals surface area contributed by atoms with Crippen LogP contribution >= 0.6 is 0 Å². The summed E-state index contributed by atoms with van der Waals surface area (Å²) in [6.07, 6.45) is -1.08. The van der Waals surface area contributed by atoms with Crippen LogP contribution in [0.25, 0.3) is 0 Å². The van der Waals surface area contributed by atoms with Crippen LogP contribution in [0, 0.1) is 6.92 Å². The molecule has 1 atom stereocenters. The van der Waals surface area contributed by atoms with Crippen LogP contribution < -0.4 is 5.73 Å². The summed E-state index contributed by atoms with van der Waals surface area (Å²) >= 11 is 0. The van der Waals surface area contributed by atoms with Gasteiger partial charge in [0.1, 0.15) is 6.61 Å². The van der Waals surface area contributed by atoms with Gasteiger partial charge in [-0.15, -0.1) is 0 Å². The molecule has 0 aliphatic heterocycles. The minimum Gasteiger partial charge on any atom is -0.481 e. The average Bonchev–Trinajstić information content (AvgIpc) is 2.41. The van der Waals surface area contributed by atoms with Gasteiger partial charge in [0.05, 0.1) is 0 Å². The second kappa shape index (κ2) is 6.85. The predicted molar refractivity (Wildman–Crippen MR) is 72.4 cm³/mol. The lowest BCUT2D eigenvalue weighted by Gasteiger charge is -2.21. The SMILES string of the molecule is Cc1cccc(COC(=O)C(N)(CCC(=O)O)C(=O)O)c1. The first-order valence-corrected chi connectivity index (χ1v) is 6.22. The van der Waals surface area contributed by atoms with Crippen molar-refractivity contribution in [1.82, 2.24) is 0 Å². The number of carbonyl (C=O) groups is 3.